The molecule has 0 bridgehead atoms. The fourth-order valence-electron chi connectivity index (χ4n) is 2.40. The molecule has 3 atom stereocenters. The van der Waals surface area contributed by atoms with Crippen molar-refractivity contribution in [2.45, 2.75) is 38.4 Å². The number of aliphatic hydroxyl groups is 1. The smallest absolute Gasteiger partial charge is 0.228 e. The van der Waals surface area contributed by atoms with Gasteiger partial charge in [0.15, 0.2) is 0 Å². The van der Waals surface area contributed by atoms with Crippen LogP contribution in [0.2, 0.25) is 0 Å². The number of carbonyl (C=O) groups is 1. The van der Waals surface area contributed by atoms with Gasteiger partial charge in [-0.1, -0.05) is 0 Å². The Hall–Kier alpha value is -0.610. The summed E-state index contributed by atoms with van der Waals surface area (Å²) in [7, 11) is 0. The molecule has 2 fully saturated rings. The quantitative estimate of drug-likeness (QED) is 0.685. The maximum Gasteiger partial charge on any atom is 0.228 e. The Morgan fingerprint density at radius 2 is 2.33 bits per heavy atom. The zero-order valence-electron chi connectivity index (χ0n) is 9.19. The lowest BCUT2D eigenvalue weighted by Crippen LogP contribution is -2.45. The first kappa shape index (κ1) is 10.9. The van der Waals surface area contributed by atoms with E-state index < -0.39 is 0 Å². The van der Waals surface area contributed by atoms with E-state index in [9.17, 15) is 9.90 Å². The van der Waals surface area contributed by atoms with E-state index in [1.165, 1.54) is 0 Å². The summed E-state index contributed by atoms with van der Waals surface area (Å²) in [6.07, 6.45) is 2.43. The minimum absolute atomic E-state index is 0.0188. The number of ether oxygens (including phenoxy) is 1. The number of piperidine rings is 1. The molecular formula is C11H19NO3. The van der Waals surface area contributed by atoms with Gasteiger partial charge in [0.1, 0.15) is 0 Å². The van der Waals surface area contributed by atoms with Crippen LogP contribution in [0, 0.1) is 5.92 Å². The van der Waals surface area contributed by atoms with Crippen LogP contribution in [0.5, 0.6) is 0 Å². The van der Waals surface area contributed by atoms with E-state index in [2.05, 4.69) is 0 Å². The molecule has 0 aliphatic carbocycles. The summed E-state index contributed by atoms with van der Waals surface area (Å²) in [6.45, 7) is 3.84. The van der Waals surface area contributed by atoms with Gasteiger partial charge < -0.3 is 14.7 Å². The fourth-order valence-corrected chi connectivity index (χ4v) is 2.40. The van der Waals surface area contributed by atoms with E-state index in [1.807, 2.05) is 6.92 Å². The summed E-state index contributed by atoms with van der Waals surface area (Å²) in [5.74, 6) is 0.184. The molecule has 15 heavy (non-hydrogen) atoms. The lowest BCUT2D eigenvalue weighted by atomic mass is 10.0. The van der Waals surface area contributed by atoms with Crippen molar-refractivity contribution in [3.63, 3.8) is 0 Å². The molecule has 2 aliphatic heterocycles. The number of hydrogen-bond donors (Lipinski definition) is 1. The van der Waals surface area contributed by atoms with Gasteiger partial charge in [-0.15, -0.1) is 0 Å². The second-order valence-corrected chi connectivity index (χ2v) is 4.66. The highest BCUT2D eigenvalue weighted by Gasteiger charge is 2.33. The lowest BCUT2D eigenvalue weighted by Gasteiger charge is -2.31. The van der Waals surface area contributed by atoms with Crippen LogP contribution in [0.15, 0.2) is 0 Å². The first-order valence-corrected chi connectivity index (χ1v) is 5.75. The highest BCUT2D eigenvalue weighted by atomic mass is 16.5. The number of hydrogen-bond acceptors (Lipinski definition) is 3. The molecule has 2 unspecified atom stereocenters. The Labute approximate surface area is 90.2 Å². The molecule has 0 aromatic heterocycles. The molecule has 0 aromatic rings. The summed E-state index contributed by atoms with van der Waals surface area (Å²) in [5, 5.41) is 9.50. The van der Waals surface area contributed by atoms with Crippen LogP contribution < -0.4 is 0 Å². The molecule has 1 amide bonds. The van der Waals surface area contributed by atoms with Crippen molar-refractivity contribution in [2.75, 3.05) is 19.7 Å². The van der Waals surface area contributed by atoms with E-state index in [0.29, 0.717) is 13.2 Å². The van der Waals surface area contributed by atoms with Crippen LogP contribution in [-0.2, 0) is 9.53 Å². The van der Waals surface area contributed by atoms with Gasteiger partial charge in [-0.3, -0.25) is 4.79 Å². The van der Waals surface area contributed by atoms with E-state index in [4.69, 9.17) is 4.74 Å². The van der Waals surface area contributed by atoms with E-state index in [0.717, 1.165) is 25.8 Å². The number of rotatable bonds is 1. The van der Waals surface area contributed by atoms with E-state index >= 15 is 0 Å². The molecule has 4 nitrogen and oxygen atoms in total. The van der Waals surface area contributed by atoms with Gasteiger partial charge >= 0.3 is 0 Å². The molecule has 0 radical (unpaired) electrons. The fraction of sp³-hybridized carbons (Fsp3) is 0.909. The third-order valence-corrected chi connectivity index (χ3v) is 3.26. The Morgan fingerprint density at radius 3 is 2.93 bits per heavy atom. The van der Waals surface area contributed by atoms with Crippen LogP contribution in [0.4, 0.5) is 0 Å². The van der Waals surface area contributed by atoms with Crippen molar-refractivity contribution >= 4 is 5.91 Å². The number of carbonyl (C=O) groups excluding carboxylic acids is 1. The number of amides is 1. The predicted octanol–water partition coefficient (Wildman–Crippen LogP) is 0.395. The number of nitrogens with zero attached hydrogens (tertiary/aromatic N) is 1. The maximum atomic E-state index is 12.0. The minimum Gasteiger partial charge on any atom is -0.391 e. The van der Waals surface area contributed by atoms with Gasteiger partial charge in [0.25, 0.3) is 0 Å². The maximum absolute atomic E-state index is 12.0. The largest absolute Gasteiger partial charge is 0.391 e. The normalized spacial score (nSPS) is 36.9. The van der Waals surface area contributed by atoms with Gasteiger partial charge in [-0.2, -0.15) is 0 Å². The molecule has 0 spiro atoms. The Bertz CT molecular complexity index is 244. The Morgan fingerprint density at radius 1 is 1.53 bits per heavy atom. The highest BCUT2D eigenvalue weighted by molar-refractivity contribution is 5.79. The number of β-amino-alcohol motifs (C(OH)–C–C–N with tert-alkyl or cyclic N) is 1. The summed E-state index contributed by atoms with van der Waals surface area (Å²) in [5.41, 5.74) is 0. The van der Waals surface area contributed by atoms with Gasteiger partial charge in [0, 0.05) is 13.1 Å². The van der Waals surface area contributed by atoms with Crippen molar-refractivity contribution < 1.29 is 14.6 Å². The molecule has 4 heteroatoms. The van der Waals surface area contributed by atoms with Gasteiger partial charge in [0.05, 0.1) is 24.7 Å². The molecule has 1 N–H and O–H groups in total. The monoisotopic (exact) mass is 213 g/mol. The minimum atomic E-state index is -0.331. The SMILES string of the molecule is CC1CC(C(=O)N2CCC[C@H](O)C2)CO1. The average molecular weight is 213 g/mol. The first-order valence-electron chi connectivity index (χ1n) is 5.75. The van der Waals surface area contributed by atoms with Crippen LogP contribution in [0.3, 0.4) is 0 Å². The number of likely N-dealkylation sites (tertiary alicyclic amines) is 1. The standard InChI is InChI=1S/C11H19NO3/c1-8-5-9(7-15-8)11(14)12-4-2-3-10(13)6-12/h8-10,13H,2-7H2,1H3/t8?,9?,10-/m0/s1. The highest BCUT2D eigenvalue weighted by Crippen LogP contribution is 2.22. The van der Waals surface area contributed by atoms with Crippen molar-refractivity contribution in [1.29, 1.82) is 0 Å². The zero-order chi connectivity index (χ0) is 10.8. The lowest BCUT2D eigenvalue weighted by molar-refractivity contribution is -0.138. The van der Waals surface area contributed by atoms with Crippen molar-refractivity contribution in [3.05, 3.63) is 0 Å². The molecule has 86 valence electrons. The van der Waals surface area contributed by atoms with Gasteiger partial charge in [-0.05, 0) is 26.2 Å². The van der Waals surface area contributed by atoms with Gasteiger partial charge in [0.2, 0.25) is 5.91 Å². The van der Waals surface area contributed by atoms with Crippen molar-refractivity contribution in [2.24, 2.45) is 5.92 Å². The van der Waals surface area contributed by atoms with Crippen LogP contribution in [0.1, 0.15) is 26.2 Å². The number of aliphatic hydroxyl groups excluding tert-OH is 1. The summed E-state index contributed by atoms with van der Waals surface area (Å²) in [4.78, 5) is 13.8. The molecule has 0 aromatic carbocycles. The molecular weight excluding hydrogens is 194 g/mol. The summed E-state index contributed by atoms with van der Waals surface area (Å²) < 4.78 is 5.39. The van der Waals surface area contributed by atoms with Crippen molar-refractivity contribution in [1.82, 2.24) is 4.90 Å². The third kappa shape index (κ3) is 2.49. The predicted molar refractivity (Wildman–Crippen MR) is 55.3 cm³/mol. The summed E-state index contributed by atoms with van der Waals surface area (Å²) in [6, 6.07) is 0. The third-order valence-electron chi connectivity index (χ3n) is 3.26. The Kier molecular flexibility index (Phi) is 3.26. The molecule has 2 rings (SSSR count). The van der Waals surface area contributed by atoms with Crippen LogP contribution in [-0.4, -0.2) is 47.8 Å². The van der Waals surface area contributed by atoms with Crippen molar-refractivity contribution in [3.8, 4) is 0 Å². The van der Waals surface area contributed by atoms with Crippen LogP contribution in [0.25, 0.3) is 0 Å². The average Bonchev–Trinajstić information content (AvgIpc) is 2.64. The molecule has 2 aliphatic rings. The summed E-state index contributed by atoms with van der Waals surface area (Å²) >= 11 is 0. The Balaban J connectivity index is 1.89. The van der Waals surface area contributed by atoms with E-state index in [1.54, 1.807) is 4.90 Å². The first-order chi connectivity index (χ1) is 7.16. The van der Waals surface area contributed by atoms with Crippen LogP contribution >= 0.6 is 0 Å². The second-order valence-electron chi connectivity index (χ2n) is 4.66. The topological polar surface area (TPSA) is 49.8 Å². The molecule has 2 saturated heterocycles. The van der Waals surface area contributed by atoms with Gasteiger partial charge in [-0.25, -0.2) is 0 Å². The zero-order valence-corrected chi connectivity index (χ0v) is 9.19. The molecule has 0 saturated carbocycles. The van der Waals surface area contributed by atoms with E-state index in [-0.39, 0.29) is 24.0 Å². The second kappa shape index (κ2) is 4.49. The molecule has 2 heterocycles.